The third-order valence-electron chi connectivity index (χ3n) is 1.78. The van der Waals surface area contributed by atoms with Crippen molar-refractivity contribution < 1.29 is 23.4 Å². The highest BCUT2D eigenvalue weighted by atomic mass is 35.5. The van der Waals surface area contributed by atoms with E-state index in [1.165, 1.54) is 7.11 Å². The summed E-state index contributed by atoms with van der Waals surface area (Å²) in [6, 6.07) is -2.12. The summed E-state index contributed by atoms with van der Waals surface area (Å²) in [5.74, 6) is -0.581. The highest BCUT2D eigenvalue weighted by Gasteiger charge is 2.34. The molecule has 0 aromatic heterocycles. The van der Waals surface area contributed by atoms with Gasteiger partial charge in [-0.1, -0.05) is 11.6 Å². The second kappa shape index (κ2) is 4.47. The molecule has 0 aliphatic carbocycles. The van der Waals surface area contributed by atoms with Gasteiger partial charge in [0.05, 0.1) is 17.7 Å². The zero-order chi connectivity index (χ0) is 12.3. The van der Waals surface area contributed by atoms with Crippen LogP contribution in [0.25, 0.3) is 0 Å². The van der Waals surface area contributed by atoms with Crippen molar-refractivity contribution in [2.75, 3.05) is 7.11 Å². The number of phenolic OH excluding ortho intramolecular Hbond substituents is 1. The van der Waals surface area contributed by atoms with Gasteiger partial charge in [-0.2, -0.15) is 8.78 Å². The summed E-state index contributed by atoms with van der Waals surface area (Å²) in [6.45, 7) is 0. The molecule has 1 N–H and O–H groups in total. The van der Waals surface area contributed by atoms with E-state index >= 15 is 0 Å². The number of ether oxygens (including phenoxy) is 1. The number of alkyl halides is 2. The lowest BCUT2D eigenvalue weighted by molar-refractivity contribution is 0.00605. The normalized spacial score (nSPS) is 10.8. The largest absolute Gasteiger partial charge is 0.504 e. The van der Waals surface area contributed by atoms with E-state index in [-0.39, 0.29) is 11.5 Å². The number of aromatic hydroxyl groups is 1. The quantitative estimate of drug-likeness (QED) is 0.508. The minimum atomic E-state index is -3.81. The van der Waals surface area contributed by atoms with Crippen LogP contribution < -0.4 is 4.74 Å². The molecular weight excluding hydrogens is 244 g/mol. The number of hydrogen-bond acceptors (Lipinski definition) is 4. The molecule has 7 heteroatoms. The molecule has 86 valence electrons. The number of aliphatic imine (C=N–C) groups is 1. The molecule has 16 heavy (non-hydrogen) atoms. The van der Waals surface area contributed by atoms with Gasteiger partial charge >= 0.3 is 6.05 Å². The highest BCUT2D eigenvalue weighted by molar-refractivity contribution is 6.31. The van der Waals surface area contributed by atoms with Gasteiger partial charge < -0.3 is 9.84 Å². The summed E-state index contributed by atoms with van der Waals surface area (Å²) in [6.07, 6.45) is 0.749. The topological polar surface area (TPSA) is 58.9 Å². The number of benzene rings is 1. The molecule has 0 radical (unpaired) electrons. The summed E-state index contributed by atoms with van der Waals surface area (Å²) in [5.41, 5.74) is -0.743. The molecule has 1 rings (SSSR count). The van der Waals surface area contributed by atoms with Crippen LogP contribution in [0.4, 0.5) is 8.78 Å². The van der Waals surface area contributed by atoms with Crippen molar-refractivity contribution in [2.45, 2.75) is 6.05 Å². The summed E-state index contributed by atoms with van der Waals surface area (Å²) >= 11 is 5.49. The van der Waals surface area contributed by atoms with Crippen molar-refractivity contribution in [3.63, 3.8) is 0 Å². The van der Waals surface area contributed by atoms with Crippen molar-refractivity contribution >= 4 is 17.7 Å². The predicted octanol–water partition coefficient (Wildman–Crippen LogP) is 2.44. The first-order valence-corrected chi connectivity index (χ1v) is 4.34. The number of rotatable bonds is 3. The molecule has 1 aromatic rings. The van der Waals surface area contributed by atoms with Crippen LogP contribution in [0.1, 0.15) is 5.56 Å². The van der Waals surface area contributed by atoms with Crippen molar-refractivity contribution in [3.8, 4) is 11.5 Å². The molecule has 4 nitrogen and oxygen atoms in total. The van der Waals surface area contributed by atoms with Crippen molar-refractivity contribution in [3.05, 3.63) is 22.7 Å². The highest BCUT2D eigenvalue weighted by Crippen LogP contribution is 2.40. The van der Waals surface area contributed by atoms with Crippen LogP contribution in [0.2, 0.25) is 5.02 Å². The monoisotopic (exact) mass is 249 g/mol. The van der Waals surface area contributed by atoms with Crippen molar-refractivity contribution in [1.29, 1.82) is 0 Å². The third-order valence-corrected chi connectivity index (χ3v) is 2.09. The van der Waals surface area contributed by atoms with Crippen LogP contribution in [-0.4, -0.2) is 18.3 Å². The lowest BCUT2D eigenvalue weighted by Crippen LogP contribution is -2.10. The summed E-state index contributed by atoms with van der Waals surface area (Å²) in [7, 11) is 1.19. The molecule has 0 atom stereocenters. The number of methoxy groups -OCH3 is 1. The van der Waals surface area contributed by atoms with E-state index in [1.54, 1.807) is 0 Å². The Balaban J connectivity index is 3.39. The first-order valence-electron chi connectivity index (χ1n) is 3.96. The Morgan fingerprint density at radius 1 is 1.56 bits per heavy atom. The molecule has 0 aliphatic heterocycles. The maximum atomic E-state index is 13.2. The number of halogens is 3. The lowest BCUT2D eigenvalue weighted by Gasteiger charge is -2.13. The van der Waals surface area contributed by atoms with Crippen LogP contribution in [0.3, 0.4) is 0 Å². The lowest BCUT2D eigenvalue weighted by atomic mass is 10.1. The molecule has 0 bridgehead atoms. The van der Waals surface area contributed by atoms with Gasteiger partial charge in [0.15, 0.2) is 11.5 Å². The van der Waals surface area contributed by atoms with E-state index in [4.69, 9.17) is 11.6 Å². The number of carbonyl (C=O) groups excluding carboxylic acids is 1. The fraction of sp³-hybridized carbons (Fsp3) is 0.222. The molecule has 0 aliphatic rings. The van der Waals surface area contributed by atoms with Crippen LogP contribution in [0.15, 0.2) is 17.1 Å². The predicted molar refractivity (Wildman–Crippen MR) is 51.7 cm³/mol. The van der Waals surface area contributed by atoms with E-state index in [0.29, 0.717) is 0 Å². The summed E-state index contributed by atoms with van der Waals surface area (Å²) in [5, 5.41) is 8.82. The van der Waals surface area contributed by atoms with E-state index in [2.05, 4.69) is 9.73 Å². The maximum absolute atomic E-state index is 13.2. The van der Waals surface area contributed by atoms with Gasteiger partial charge in [0.25, 0.3) is 0 Å². The minimum Gasteiger partial charge on any atom is -0.504 e. The van der Waals surface area contributed by atoms with E-state index in [9.17, 15) is 18.7 Å². The van der Waals surface area contributed by atoms with Gasteiger partial charge in [-0.05, 0) is 6.07 Å². The van der Waals surface area contributed by atoms with Crippen molar-refractivity contribution in [2.24, 2.45) is 4.99 Å². The van der Waals surface area contributed by atoms with Crippen LogP contribution in [0.5, 0.6) is 11.5 Å². The van der Waals surface area contributed by atoms with Crippen LogP contribution in [0, 0.1) is 0 Å². The molecule has 0 unspecified atom stereocenters. The summed E-state index contributed by atoms with van der Waals surface area (Å²) < 4.78 is 31.1. The Kier molecular flexibility index (Phi) is 3.47. The Labute approximate surface area is 94.1 Å². The zero-order valence-corrected chi connectivity index (χ0v) is 8.76. The molecule has 0 saturated heterocycles. The molecule has 0 saturated carbocycles. The molecule has 0 heterocycles. The van der Waals surface area contributed by atoms with E-state index in [0.717, 1.165) is 18.2 Å². The molecule has 0 amide bonds. The Hall–Kier alpha value is -1.65. The average molecular weight is 250 g/mol. The van der Waals surface area contributed by atoms with Crippen LogP contribution >= 0.6 is 11.6 Å². The van der Waals surface area contributed by atoms with Gasteiger partial charge in [-0.15, -0.1) is 4.99 Å². The van der Waals surface area contributed by atoms with E-state index < -0.39 is 16.6 Å². The minimum absolute atomic E-state index is 0.194. The fourth-order valence-corrected chi connectivity index (χ4v) is 1.33. The Bertz CT molecular complexity index is 458. The first kappa shape index (κ1) is 12.4. The fourth-order valence-electron chi connectivity index (χ4n) is 1.05. The average Bonchev–Trinajstić information content (AvgIpc) is 2.17. The van der Waals surface area contributed by atoms with Gasteiger partial charge in [0.2, 0.25) is 6.08 Å². The van der Waals surface area contributed by atoms with Gasteiger partial charge in [-0.3, -0.25) is 0 Å². The molecule has 0 fully saturated rings. The molecular formula is C9H6ClF2NO3. The second-order valence-corrected chi connectivity index (χ2v) is 3.16. The first-order chi connectivity index (χ1) is 7.42. The maximum Gasteiger partial charge on any atom is 0.380 e. The summed E-state index contributed by atoms with van der Waals surface area (Å²) in [4.78, 5) is 12.2. The Morgan fingerprint density at radius 3 is 2.69 bits per heavy atom. The van der Waals surface area contributed by atoms with Gasteiger partial charge in [0.1, 0.15) is 0 Å². The number of phenols is 1. The molecule has 1 aromatic carbocycles. The van der Waals surface area contributed by atoms with Gasteiger partial charge in [-0.25, -0.2) is 4.79 Å². The number of hydrogen-bond donors (Lipinski definition) is 1. The number of isocyanates is 1. The van der Waals surface area contributed by atoms with Crippen LogP contribution in [-0.2, 0) is 10.8 Å². The second-order valence-electron chi connectivity index (χ2n) is 2.75. The van der Waals surface area contributed by atoms with E-state index in [1.807, 2.05) is 0 Å². The molecule has 0 spiro atoms. The van der Waals surface area contributed by atoms with Crippen molar-refractivity contribution in [1.82, 2.24) is 0 Å². The SMILES string of the molecule is COc1cc(C(F)(F)N=C=O)c(Cl)cc1O. The van der Waals surface area contributed by atoms with Gasteiger partial charge in [0, 0.05) is 6.07 Å². The Morgan fingerprint density at radius 2 is 2.19 bits per heavy atom. The smallest absolute Gasteiger partial charge is 0.380 e. The zero-order valence-electron chi connectivity index (χ0n) is 8.00. The number of nitrogens with zero attached hydrogens (tertiary/aromatic N) is 1. The standard InChI is InChI=1S/C9H6ClF2NO3/c1-16-8-2-5(6(10)3-7(8)15)9(11,12)13-4-14/h2-3,15H,1H3. The third kappa shape index (κ3) is 2.29.